The molecule has 3 rings (SSSR count). The standard InChI is InChI=1S/C19H16N2O4/c1-12-7-8-13(2)15(11-12)20-19(22)18-10-9-17(25-18)14-5-3-4-6-16(14)21(23)24/h3-11H,1-2H3,(H,20,22). The first kappa shape index (κ1) is 16.4. The maximum atomic E-state index is 12.4. The minimum absolute atomic E-state index is 0.0710. The third-order valence-corrected chi connectivity index (χ3v) is 3.84. The minimum Gasteiger partial charge on any atom is -0.451 e. The van der Waals surface area contributed by atoms with Crippen LogP contribution in [-0.2, 0) is 0 Å². The van der Waals surface area contributed by atoms with Crippen LogP contribution >= 0.6 is 0 Å². The van der Waals surface area contributed by atoms with Gasteiger partial charge in [-0.2, -0.15) is 0 Å². The lowest BCUT2D eigenvalue weighted by atomic mass is 10.1. The SMILES string of the molecule is Cc1ccc(C)c(NC(=O)c2ccc(-c3ccccc3[N+](=O)[O-])o2)c1. The zero-order chi connectivity index (χ0) is 18.0. The molecule has 2 aromatic carbocycles. The van der Waals surface area contributed by atoms with Gasteiger partial charge in [0.15, 0.2) is 5.76 Å². The molecule has 1 aromatic heterocycles. The number of para-hydroxylation sites is 1. The lowest BCUT2D eigenvalue weighted by Gasteiger charge is -2.08. The Morgan fingerprint density at radius 3 is 2.60 bits per heavy atom. The van der Waals surface area contributed by atoms with Crippen LogP contribution in [0.5, 0.6) is 0 Å². The fraction of sp³-hybridized carbons (Fsp3) is 0.105. The molecular formula is C19H16N2O4. The molecule has 0 aliphatic heterocycles. The average molecular weight is 336 g/mol. The van der Waals surface area contributed by atoms with Crippen LogP contribution in [-0.4, -0.2) is 10.8 Å². The van der Waals surface area contributed by atoms with Crippen LogP contribution in [0.1, 0.15) is 21.7 Å². The molecule has 6 heteroatoms. The van der Waals surface area contributed by atoms with E-state index in [1.54, 1.807) is 24.3 Å². The van der Waals surface area contributed by atoms with E-state index in [-0.39, 0.29) is 17.2 Å². The van der Waals surface area contributed by atoms with E-state index in [1.165, 1.54) is 12.1 Å². The zero-order valence-electron chi connectivity index (χ0n) is 13.8. The highest BCUT2D eigenvalue weighted by Crippen LogP contribution is 2.31. The number of rotatable bonds is 4. The quantitative estimate of drug-likeness (QED) is 0.551. The highest BCUT2D eigenvalue weighted by molar-refractivity contribution is 6.03. The highest BCUT2D eigenvalue weighted by Gasteiger charge is 2.19. The summed E-state index contributed by atoms with van der Waals surface area (Å²) < 4.78 is 5.55. The Morgan fingerprint density at radius 1 is 1.08 bits per heavy atom. The van der Waals surface area contributed by atoms with Crippen molar-refractivity contribution >= 4 is 17.3 Å². The van der Waals surface area contributed by atoms with Gasteiger partial charge in [-0.1, -0.05) is 24.3 Å². The summed E-state index contributed by atoms with van der Waals surface area (Å²) in [6.45, 7) is 3.84. The number of hydrogen-bond donors (Lipinski definition) is 1. The van der Waals surface area contributed by atoms with Crippen molar-refractivity contribution in [2.45, 2.75) is 13.8 Å². The smallest absolute Gasteiger partial charge is 0.291 e. The van der Waals surface area contributed by atoms with Crippen molar-refractivity contribution in [1.29, 1.82) is 0 Å². The summed E-state index contributed by atoms with van der Waals surface area (Å²) >= 11 is 0. The number of nitro benzene ring substituents is 1. The van der Waals surface area contributed by atoms with E-state index in [4.69, 9.17) is 4.42 Å². The number of nitro groups is 1. The Morgan fingerprint density at radius 2 is 1.84 bits per heavy atom. The van der Waals surface area contributed by atoms with E-state index in [1.807, 2.05) is 32.0 Å². The average Bonchev–Trinajstić information content (AvgIpc) is 3.08. The van der Waals surface area contributed by atoms with Gasteiger partial charge in [-0.3, -0.25) is 14.9 Å². The molecule has 0 radical (unpaired) electrons. The van der Waals surface area contributed by atoms with Crippen LogP contribution < -0.4 is 5.32 Å². The fourth-order valence-electron chi connectivity index (χ4n) is 2.50. The molecule has 0 saturated heterocycles. The van der Waals surface area contributed by atoms with E-state index in [0.29, 0.717) is 11.3 Å². The van der Waals surface area contributed by atoms with Crippen LogP contribution in [0, 0.1) is 24.0 Å². The van der Waals surface area contributed by atoms with Gasteiger partial charge < -0.3 is 9.73 Å². The van der Waals surface area contributed by atoms with Gasteiger partial charge in [-0.15, -0.1) is 0 Å². The van der Waals surface area contributed by atoms with Crippen molar-refractivity contribution < 1.29 is 14.1 Å². The summed E-state index contributed by atoms with van der Waals surface area (Å²) in [5, 5.41) is 13.9. The lowest BCUT2D eigenvalue weighted by Crippen LogP contribution is -2.11. The van der Waals surface area contributed by atoms with E-state index in [2.05, 4.69) is 5.32 Å². The van der Waals surface area contributed by atoms with Crippen LogP contribution in [0.3, 0.4) is 0 Å². The Balaban J connectivity index is 1.88. The fourth-order valence-corrected chi connectivity index (χ4v) is 2.50. The summed E-state index contributed by atoms with van der Waals surface area (Å²) in [6, 6.07) is 15.1. The molecule has 6 nitrogen and oxygen atoms in total. The van der Waals surface area contributed by atoms with E-state index < -0.39 is 10.8 Å². The second-order valence-corrected chi connectivity index (χ2v) is 5.71. The monoisotopic (exact) mass is 336 g/mol. The summed E-state index contributed by atoms with van der Waals surface area (Å²) in [6.07, 6.45) is 0. The third-order valence-electron chi connectivity index (χ3n) is 3.84. The number of furan rings is 1. The van der Waals surface area contributed by atoms with Crippen molar-refractivity contribution in [1.82, 2.24) is 0 Å². The predicted molar refractivity (Wildman–Crippen MR) is 94.7 cm³/mol. The molecule has 1 amide bonds. The van der Waals surface area contributed by atoms with Gasteiger partial charge in [0.2, 0.25) is 0 Å². The van der Waals surface area contributed by atoms with Crippen LogP contribution in [0.15, 0.2) is 59.0 Å². The third kappa shape index (κ3) is 3.42. The van der Waals surface area contributed by atoms with Gasteiger partial charge in [0.05, 0.1) is 10.5 Å². The van der Waals surface area contributed by atoms with Crippen molar-refractivity contribution in [2.24, 2.45) is 0 Å². The van der Waals surface area contributed by atoms with Crippen molar-refractivity contribution in [3.63, 3.8) is 0 Å². The Kier molecular flexibility index (Phi) is 4.35. The number of anilines is 1. The van der Waals surface area contributed by atoms with E-state index in [9.17, 15) is 14.9 Å². The molecule has 0 spiro atoms. The molecule has 0 saturated carbocycles. The Labute approximate surface area is 144 Å². The molecule has 1 N–H and O–H groups in total. The zero-order valence-corrected chi connectivity index (χ0v) is 13.8. The molecule has 25 heavy (non-hydrogen) atoms. The second kappa shape index (κ2) is 6.60. The minimum atomic E-state index is -0.478. The van der Waals surface area contributed by atoms with Crippen LogP contribution in [0.2, 0.25) is 0 Å². The molecule has 0 aliphatic carbocycles. The first-order valence-corrected chi connectivity index (χ1v) is 7.68. The molecule has 0 bridgehead atoms. The summed E-state index contributed by atoms with van der Waals surface area (Å²) in [5.74, 6) is -0.0361. The topological polar surface area (TPSA) is 85.4 Å². The maximum Gasteiger partial charge on any atom is 0.291 e. The van der Waals surface area contributed by atoms with E-state index in [0.717, 1.165) is 11.1 Å². The molecule has 0 atom stereocenters. The van der Waals surface area contributed by atoms with Crippen molar-refractivity contribution in [3.8, 4) is 11.3 Å². The number of nitrogens with one attached hydrogen (secondary N) is 1. The van der Waals surface area contributed by atoms with Gasteiger partial charge in [0.1, 0.15) is 5.76 Å². The molecule has 0 unspecified atom stereocenters. The number of carbonyl (C=O) groups excluding carboxylic acids is 1. The van der Waals surface area contributed by atoms with Gasteiger partial charge in [-0.25, -0.2) is 0 Å². The molecule has 126 valence electrons. The van der Waals surface area contributed by atoms with Gasteiger partial charge in [0, 0.05) is 11.8 Å². The number of aryl methyl sites for hydroxylation is 2. The number of nitrogens with zero attached hydrogens (tertiary/aromatic N) is 1. The summed E-state index contributed by atoms with van der Waals surface area (Å²) in [7, 11) is 0. The Hall–Kier alpha value is -3.41. The first-order valence-electron chi connectivity index (χ1n) is 7.68. The van der Waals surface area contributed by atoms with Crippen LogP contribution in [0.4, 0.5) is 11.4 Å². The van der Waals surface area contributed by atoms with Gasteiger partial charge in [-0.05, 0) is 49.2 Å². The van der Waals surface area contributed by atoms with E-state index >= 15 is 0 Å². The van der Waals surface area contributed by atoms with Crippen LogP contribution in [0.25, 0.3) is 11.3 Å². The molecule has 0 aliphatic rings. The summed E-state index contributed by atoms with van der Waals surface area (Å²) in [5.41, 5.74) is 2.93. The maximum absolute atomic E-state index is 12.4. The number of benzene rings is 2. The summed E-state index contributed by atoms with van der Waals surface area (Å²) in [4.78, 5) is 23.1. The molecular weight excluding hydrogens is 320 g/mol. The molecule has 0 fully saturated rings. The number of carbonyl (C=O) groups is 1. The molecule has 1 heterocycles. The highest BCUT2D eigenvalue weighted by atomic mass is 16.6. The second-order valence-electron chi connectivity index (χ2n) is 5.71. The number of amides is 1. The number of hydrogen-bond acceptors (Lipinski definition) is 4. The van der Waals surface area contributed by atoms with Crippen molar-refractivity contribution in [3.05, 3.63) is 81.6 Å². The molecule has 3 aromatic rings. The largest absolute Gasteiger partial charge is 0.451 e. The normalized spacial score (nSPS) is 10.5. The Bertz CT molecular complexity index is 960. The first-order chi connectivity index (χ1) is 12.0. The van der Waals surface area contributed by atoms with Gasteiger partial charge in [0.25, 0.3) is 11.6 Å². The lowest BCUT2D eigenvalue weighted by molar-refractivity contribution is -0.384. The van der Waals surface area contributed by atoms with Crippen molar-refractivity contribution in [2.75, 3.05) is 5.32 Å². The predicted octanol–water partition coefficient (Wildman–Crippen LogP) is 4.72. The van der Waals surface area contributed by atoms with Gasteiger partial charge >= 0.3 is 0 Å².